The maximum atomic E-state index is 14.0. The highest BCUT2D eigenvalue weighted by Crippen LogP contribution is 2.31. The topological polar surface area (TPSA) is 82.7 Å². The summed E-state index contributed by atoms with van der Waals surface area (Å²) in [5.41, 5.74) is 7.08. The van der Waals surface area contributed by atoms with E-state index in [1.165, 1.54) is 23.8 Å². The van der Waals surface area contributed by atoms with Crippen molar-refractivity contribution >= 4 is 11.9 Å². The molecule has 7 nitrogen and oxygen atoms in total. The Morgan fingerprint density at radius 2 is 2.03 bits per heavy atom. The Morgan fingerprint density at radius 3 is 2.72 bits per heavy atom. The smallest absolute Gasteiger partial charge is 0.324 e. The molecule has 3 N–H and O–H groups in total. The molecule has 2 fully saturated rings. The van der Waals surface area contributed by atoms with Gasteiger partial charge in [0.15, 0.2) is 11.6 Å². The van der Waals surface area contributed by atoms with Gasteiger partial charge in [-0.15, -0.1) is 0 Å². The van der Waals surface area contributed by atoms with Crippen LogP contribution < -0.4 is 20.9 Å². The number of hydrogen-bond donors (Lipinski definition) is 3. The average molecular weight is 407 g/mol. The minimum atomic E-state index is -0.389. The molecule has 0 aromatic heterocycles. The molecule has 3 rings (SSSR count). The van der Waals surface area contributed by atoms with Crippen LogP contribution in [0.15, 0.2) is 18.2 Å². The van der Waals surface area contributed by atoms with Crippen molar-refractivity contribution in [2.24, 2.45) is 5.92 Å². The lowest BCUT2D eigenvalue weighted by atomic mass is 9.95. The van der Waals surface area contributed by atoms with Crippen LogP contribution in [-0.2, 0) is 10.3 Å². The number of benzene rings is 1. The fourth-order valence-corrected chi connectivity index (χ4v) is 3.21. The molecule has 29 heavy (non-hydrogen) atoms. The van der Waals surface area contributed by atoms with E-state index in [9.17, 15) is 14.0 Å². The normalized spacial score (nSPS) is 17.0. The van der Waals surface area contributed by atoms with Gasteiger partial charge in [0.25, 0.3) is 0 Å². The van der Waals surface area contributed by atoms with Gasteiger partial charge < -0.3 is 9.64 Å². The van der Waals surface area contributed by atoms with E-state index >= 15 is 0 Å². The molecule has 1 saturated carbocycles. The largest absolute Gasteiger partial charge is 0.490 e. The Kier molecular flexibility index (Phi) is 7.08. The molecule has 0 radical (unpaired) electrons. The Labute approximate surface area is 171 Å². The number of unbranched alkanes of at least 4 members (excludes halogenated alkanes) is 2. The Morgan fingerprint density at radius 1 is 1.24 bits per heavy atom. The molecule has 1 saturated heterocycles. The second kappa shape index (κ2) is 9.54. The third-order valence-corrected chi connectivity index (χ3v) is 5.32. The van der Waals surface area contributed by atoms with E-state index in [0.717, 1.165) is 31.4 Å². The highest BCUT2D eigenvalue weighted by Gasteiger charge is 2.26. The predicted molar refractivity (Wildman–Crippen MR) is 108 cm³/mol. The summed E-state index contributed by atoms with van der Waals surface area (Å²) in [5.74, 6) is 0.330. The summed E-state index contributed by atoms with van der Waals surface area (Å²) in [5, 5.41) is 2.28. The lowest BCUT2D eigenvalue weighted by Crippen LogP contribution is -2.46. The van der Waals surface area contributed by atoms with E-state index in [1.54, 1.807) is 12.1 Å². The molecule has 0 spiro atoms. The number of carbonyl (C=O) groups is 2. The molecule has 8 heteroatoms. The van der Waals surface area contributed by atoms with Gasteiger partial charge in [-0.25, -0.2) is 14.6 Å². The van der Waals surface area contributed by atoms with Crippen molar-refractivity contribution < 1.29 is 18.7 Å². The zero-order valence-electron chi connectivity index (χ0n) is 17.2. The van der Waals surface area contributed by atoms with Crippen LogP contribution in [0, 0.1) is 11.7 Å². The summed E-state index contributed by atoms with van der Waals surface area (Å²) in [7, 11) is 0. The van der Waals surface area contributed by atoms with Gasteiger partial charge in [0.1, 0.15) is 6.54 Å². The number of urea groups is 1. The monoisotopic (exact) mass is 406 g/mol. The fourth-order valence-electron chi connectivity index (χ4n) is 3.21. The molecule has 0 atom stereocenters. The zero-order chi connectivity index (χ0) is 20.9. The number of nitrogens with zero attached hydrogens (tertiary/aromatic N) is 1. The molecule has 1 aromatic rings. The molecule has 1 heterocycles. The quantitative estimate of drug-likeness (QED) is 0.282. The summed E-state index contributed by atoms with van der Waals surface area (Å²) in [6, 6.07) is 4.71. The highest BCUT2D eigenvalue weighted by atomic mass is 19.1. The van der Waals surface area contributed by atoms with Gasteiger partial charge in [-0.05, 0) is 63.1 Å². The lowest BCUT2D eigenvalue weighted by molar-refractivity contribution is -0.118. The van der Waals surface area contributed by atoms with Crippen LogP contribution in [0.25, 0.3) is 0 Å². The summed E-state index contributed by atoms with van der Waals surface area (Å²) in [4.78, 5) is 24.1. The van der Waals surface area contributed by atoms with Crippen LogP contribution >= 0.6 is 0 Å². The van der Waals surface area contributed by atoms with E-state index in [1.807, 2.05) is 13.8 Å². The van der Waals surface area contributed by atoms with Crippen molar-refractivity contribution in [2.75, 3.05) is 26.2 Å². The standard InChI is InChI=1S/C21H31FN4O3/c1-21(2,16-8-9-17(22)18(12-16)29-14-15-6-7-15)25-23-10-4-3-5-11-26-13-19(27)24-20(26)28/h8-9,12,15,23,25H,3-7,10-11,13-14H2,1-2H3,(H,24,27,28). The van der Waals surface area contributed by atoms with Crippen LogP contribution in [-0.4, -0.2) is 43.1 Å². The molecule has 1 aromatic carbocycles. The highest BCUT2D eigenvalue weighted by molar-refractivity contribution is 6.01. The van der Waals surface area contributed by atoms with Crippen molar-refractivity contribution in [3.63, 3.8) is 0 Å². The van der Waals surface area contributed by atoms with Gasteiger partial charge in [0, 0.05) is 13.1 Å². The zero-order valence-corrected chi connectivity index (χ0v) is 17.2. The van der Waals surface area contributed by atoms with Crippen molar-refractivity contribution in [3.8, 4) is 5.75 Å². The first kappa shape index (κ1) is 21.5. The summed E-state index contributed by atoms with van der Waals surface area (Å²) in [6.07, 6.45) is 5.07. The van der Waals surface area contributed by atoms with E-state index in [4.69, 9.17) is 4.74 Å². The summed E-state index contributed by atoms with van der Waals surface area (Å²) >= 11 is 0. The predicted octanol–water partition coefficient (Wildman–Crippen LogP) is 2.67. The Hall–Kier alpha value is -2.19. The molecular formula is C21H31FN4O3. The molecule has 2 aliphatic rings. The average Bonchev–Trinajstić information content (AvgIpc) is 3.44. The number of imide groups is 1. The Balaban J connectivity index is 1.35. The first-order valence-electron chi connectivity index (χ1n) is 10.4. The van der Waals surface area contributed by atoms with Crippen LogP contribution in [0.1, 0.15) is 51.5 Å². The molecular weight excluding hydrogens is 375 g/mol. The van der Waals surface area contributed by atoms with Gasteiger partial charge in [-0.2, -0.15) is 0 Å². The van der Waals surface area contributed by atoms with Crippen molar-refractivity contribution in [3.05, 3.63) is 29.6 Å². The third-order valence-electron chi connectivity index (χ3n) is 5.32. The van der Waals surface area contributed by atoms with Crippen LogP contribution in [0.3, 0.4) is 0 Å². The van der Waals surface area contributed by atoms with E-state index in [2.05, 4.69) is 16.2 Å². The number of halogens is 1. The SMILES string of the molecule is CC(C)(NNCCCCCN1CC(=O)NC1=O)c1ccc(F)c(OCC2CC2)c1. The molecule has 1 aliphatic heterocycles. The number of amides is 3. The van der Waals surface area contributed by atoms with Crippen molar-refractivity contribution in [1.82, 2.24) is 21.1 Å². The second-order valence-corrected chi connectivity index (χ2v) is 8.41. The fraction of sp³-hybridized carbons (Fsp3) is 0.619. The number of hydrogen-bond acceptors (Lipinski definition) is 5. The molecule has 1 aliphatic carbocycles. The summed E-state index contributed by atoms with van der Waals surface area (Å²) in [6.45, 7) is 6.16. The van der Waals surface area contributed by atoms with Gasteiger partial charge in [0.05, 0.1) is 12.1 Å². The number of carbonyl (C=O) groups excluding carboxylic acids is 2. The van der Waals surface area contributed by atoms with Crippen molar-refractivity contribution in [1.29, 1.82) is 0 Å². The van der Waals surface area contributed by atoms with Crippen LogP contribution in [0.2, 0.25) is 0 Å². The molecule has 0 unspecified atom stereocenters. The van der Waals surface area contributed by atoms with Gasteiger partial charge >= 0.3 is 6.03 Å². The lowest BCUT2D eigenvalue weighted by Gasteiger charge is -2.28. The second-order valence-electron chi connectivity index (χ2n) is 8.41. The number of nitrogens with one attached hydrogen (secondary N) is 3. The molecule has 160 valence electrons. The van der Waals surface area contributed by atoms with Crippen molar-refractivity contribution in [2.45, 2.75) is 51.5 Å². The Bertz CT molecular complexity index is 737. The van der Waals surface area contributed by atoms with Gasteiger partial charge in [-0.1, -0.05) is 12.5 Å². The molecule has 0 bridgehead atoms. The first-order chi connectivity index (χ1) is 13.8. The maximum Gasteiger partial charge on any atom is 0.324 e. The van der Waals surface area contributed by atoms with E-state index in [0.29, 0.717) is 24.8 Å². The number of rotatable bonds is 12. The van der Waals surface area contributed by atoms with Gasteiger partial charge in [0.2, 0.25) is 5.91 Å². The third kappa shape index (κ3) is 6.40. The molecule has 3 amide bonds. The minimum absolute atomic E-state index is 0.164. The maximum absolute atomic E-state index is 14.0. The minimum Gasteiger partial charge on any atom is -0.490 e. The van der Waals surface area contributed by atoms with Gasteiger partial charge in [-0.3, -0.25) is 15.5 Å². The number of ether oxygens (including phenoxy) is 1. The van der Waals surface area contributed by atoms with Crippen LogP contribution in [0.5, 0.6) is 5.75 Å². The number of hydrazine groups is 1. The van der Waals surface area contributed by atoms with E-state index < -0.39 is 0 Å². The van der Waals surface area contributed by atoms with E-state index in [-0.39, 0.29) is 29.8 Å². The first-order valence-corrected chi connectivity index (χ1v) is 10.4. The van der Waals surface area contributed by atoms with Crippen LogP contribution in [0.4, 0.5) is 9.18 Å². The summed E-state index contributed by atoms with van der Waals surface area (Å²) < 4.78 is 19.6.